The van der Waals surface area contributed by atoms with Crippen molar-refractivity contribution in [1.29, 1.82) is 0 Å². The molecule has 2 aromatic rings. The number of hydrogen-bond donors (Lipinski definition) is 1. The number of imide groups is 1. The van der Waals surface area contributed by atoms with Crippen molar-refractivity contribution in [3.05, 3.63) is 60.2 Å². The summed E-state index contributed by atoms with van der Waals surface area (Å²) < 4.78 is 0. The number of amides is 3. The van der Waals surface area contributed by atoms with Crippen LogP contribution < -0.4 is 5.32 Å². The van der Waals surface area contributed by atoms with Crippen LogP contribution in [0.2, 0.25) is 0 Å². The fourth-order valence-electron chi connectivity index (χ4n) is 4.20. The third-order valence-corrected chi connectivity index (χ3v) is 5.82. The molecule has 2 aliphatic rings. The van der Waals surface area contributed by atoms with Crippen LogP contribution in [0.1, 0.15) is 48.9 Å². The highest BCUT2D eigenvalue weighted by Crippen LogP contribution is 2.32. The Morgan fingerprint density at radius 3 is 2.11 bits per heavy atom. The van der Waals surface area contributed by atoms with Crippen molar-refractivity contribution in [2.75, 3.05) is 6.54 Å². The summed E-state index contributed by atoms with van der Waals surface area (Å²) in [6.07, 6.45) is 5.33. The molecule has 3 amide bonds. The zero-order valence-corrected chi connectivity index (χ0v) is 15.8. The van der Waals surface area contributed by atoms with Crippen LogP contribution in [0.25, 0.3) is 11.1 Å². The van der Waals surface area contributed by atoms with Crippen molar-refractivity contribution in [3.63, 3.8) is 0 Å². The number of carbonyl (C=O) groups excluding carboxylic acids is 3. The molecule has 1 aliphatic heterocycles. The van der Waals surface area contributed by atoms with Gasteiger partial charge in [0.15, 0.2) is 5.78 Å². The highest BCUT2D eigenvalue weighted by Gasteiger charge is 2.51. The van der Waals surface area contributed by atoms with Gasteiger partial charge in [-0.15, -0.1) is 0 Å². The monoisotopic (exact) mass is 376 g/mol. The summed E-state index contributed by atoms with van der Waals surface area (Å²) in [4.78, 5) is 39.2. The molecule has 5 heteroatoms. The Morgan fingerprint density at radius 2 is 1.46 bits per heavy atom. The van der Waals surface area contributed by atoms with E-state index in [9.17, 15) is 14.4 Å². The zero-order chi connectivity index (χ0) is 19.6. The van der Waals surface area contributed by atoms with Crippen molar-refractivity contribution in [2.45, 2.75) is 44.1 Å². The largest absolute Gasteiger partial charge is 0.325 e. The Morgan fingerprint density at radius 1 is 0.857 bits per heavy atom. The molecule has 0 bridgehead atoms. The second-order valence-corrected chi connectivity index (χ2v) is 7.68. The van der Waals surface area contributed by atoms with Crippen LogP contribution in [0.5, 0.6) is 0 Å². The van der Waals surface area contributed by atoms with Crippen molar-refractivity contribution < 1.29 is 14.4 Å². The molecule has 0 unspecified atom stereocenters. The Bertz CT molecular complexity index is 882. The Kier molecular flexibility index (Phi) is 4.99. The quantitative estimate of drug-likeness (QED) is 0.643. The van der Waals surface area contributed by atoms with Gasteiger partial charge in [0.2, 0.25) is 0 Å². The first-order valence-corrected chi connectivity index (χ1v) is 9.92. The molecule has 28 heavy (non-hydrogen) atoms. The number of carbonyl (C=O) groups is 3. The van der Waals surface area contributed by atoms with E-state index < -0.39 is 11.6 Å². The molecule has 0 radical (unpaired) electrons. The van der Waals surface area contributed by atoms with Crippen molar-refractivity contribution in [2.24, 2.45) is 0 Å². The molecule has 0 atom stereocenters. The van der Waals surface area contributed by atoms with Crippen LogP contribution in [0.15, 0.2) is 54.6 Å². The molecule has 1 saturated heterocycles. The molecule has 0 aromatic heterocycles. The fourth-order valence-corrected chi connectivity index (χ4v) is 4.20. The summed E-state index contributed by atoms with van der Waals surface area (Å²) in [5, 5.41) is 2.88. The van der Waals surface area contributed by atoms with E-state index in [4.69, 9.17) is 0 Å². The summed E-state index contributed by atoms with van der Waals surface area (Å²) in [5.74, 6) is -0.470. The fraction of sp³-hybridized carbons (Fsp3) is 0.348. The lowest BCUT2D eigenvalue weighted by Crippen LogP contribution is -2.46. The highest BCUT2D eigenvalue weighted by molar-refractivity contribution is 6.11. The Hall–Kier alpha value is -2.95. The van der Waals surface area contributed by atoms with Gasteiger partial charge in [-0.05, 0) is 24.0 Å². The number of ketones is 1. The van der Waals surface area contributed by atoms with Gasteiger partial charge in [-0.1, -0.05) is 80.3 Å². The van der Waals surface area contributed by atoms with Crippen LogP contribution in [0.3, 0.4) is 0 Å². The summed E-state index contributed by atoms with van der Waals surface area (Å²) in [6, 6.07) is 16.8. The minimum absolute atomic E-state index is 0.211. The second kappa shape index (κ2) is 7.58. The minimum atomic E-state index is -0.801. The van der Waals surface area contributed by atoms with Gasteiger partial charge in [0.1, 0.15) is 5.54 Å². The van der Waals surface area contributed by atoms with Gasteiger partial charge in [-0.2, -0.15) is 0 Å². The molecular weight excluding hydrogens is 352 g/mol. The van der Waals surface area contributed by atoms with Gasteiger partial charge in [-0.25, -0.2) is 4.79 Å². The van der Waals surface area contributed by atoms with Crippen LogP contribution in [0, 0.1) is 0 Å². The van der Waals surface area contributed by atoms with E-state index in [2.05, 4.69) is 5.32 Å². The minimum Gasteiger partial charge on any atom is -0.323 e. The molecule has 2 fully saturated rings. The number of nitrogens with one attached hydrogen (secondary N) is 1. The predicted octanol–water partition coefficient (Wildman–Crippen LogP) is 4.18. The average molecular weight is 376 g/mol. The van der Waals surface area contributed by atoms with E-state index in [0.29, 0.717) is 18.4 Å². The molecule has 1 heterocycles. The van der Waals surface area contributed by atoms with Gasteiger partial charge in [0.25, 0.3) is 5.91 Å². The maximum Gasteiger partial charge on any atom is 0.325 e. The number of benzene rings is 2. The molecule has 1 spiro atoms. The van der Waals surface area contributed by atoms with E-state index >= 15 is 0 Å². The first-order chi connectivity index (χ1) is 13.6. The van der Waals surface area contributed by atoms with Crippen molar-refractivity contribution in [1.82, 2.24) is 10.2 Å². The number of hydrogen-bond acceptors (Lipinski definition) is 3. The summed E-state index contributed by atoms with van der Waals surface area (Å²) in [5.41, 5.74) is 1.79. The third-order valence-electron chi connectivity index (χ3n) is 5.82. The van der Waals surface area contributed by atoms with Crippen LogP contribution >= 0.6 is 0 Å². The maximum atomic E-state index is 12.9. The zero-order valence-electron chi connectivity index (χ0n) is 15.8. The maximum absolute atomic E-state index is 12.9. The topological polar surface area (TPSA) is 66.5 Å². The van der Waals surface area contributed by atoms with Gasteiger partial charge >= 0.3 is 6.03 Å². The molecule has 1 saturated carbocycles. The standard InChI is InChI=1S/C23H24N2O3/c26-20(19-12-10-18(11-13-19)17-8-4-3-5-9-17)16-25-21(27)23(24-22(25)28)14-6-1-2-7-15-23/h3-5,8-13H,1-2,6-7,14-16H2,(H,24,28). The molecule has 1 N–H and O–H groups in total. The van der Waals surface area contributed by atoms with E-state index in [1.54, 1.807) is 12.1 Å². The number of urea groups is 1. The van der Waals surface area contributed by atoms with Crippen molar-refractivity contribution in [3.8, 4) is 11.1 Å². The molecule has 2 aromatic carbocycles. The summed E-state index contributed by atoms with van der Waals surface area (Å²) >= 11 is 0. The average Bonchev–Trinajstić information content (AvgIpc) is 2.88. The van der Waals surface area contributed by atoms with Crippen LogP contribution in [0.4, 0.5) is 4.79 Å². The first-order valence-electron chi connectivity index (χ1n) is 9.92. The SMILES string of the molecule is O=C(CN1C(=O)NC2(CCCCCC2)C1=O)c1ccc(-c2ccccc2)cc1. The Balaban J connectivity index is 1.47. The van der Waals surface area contributed by atoms with E-state index in [0.717, 1.165) is 41.7 Å². The van der Waals surface area contributed by atoms with Crippen LogP contribution in [-0.2, 0) is 4.79 Å². The molecule has 144 valence electrons. The lowest BCUT2D eigenvalue weighted by atomic mass is 9.90. The summed E-state index contributed by atoms with van der Waals surface area (Å²) in [7, 11) is 0. The highest BCUT2D eigenvalue weighted by atomic mass is 16.2. The van der Waals surface area contributed by atoms with Gasteiger partial charge in [0, 0.05) is 5.56 Å². The molecular formula is C23H24N2O3. The van der Waals surface area contributed by atoms with Crippen LogP contribution in [-0.4, -0.2) is 34.7 Å². The smallest absolute Gasteiger partial charge is 0.323 e. The second-order valence-electron chi connectivity index (χ2n) is 7.68. The number of rotatable bonds is 4. The first kappa shape index (κ1) is 18.4. The Labute approximate surface area is 164 Å². The predicted molar refractivity (Wildman–Crippen MR) is 107 cm³/mol. The van der Waals surface area contributed by atoms with E-state index in [1.165, 1.54) is 0 Å². The van der Waals surface area contributed by atoms with Gasteiger partial charge in [-0.3, -0.25) is 14.5 Å². The lowest BCUT2D eigenvalue weighted by Gasteiger charge is -2.24. The molecule has 4 rings (SSSR count). The van der Waals surface area contributed by atoms with Crippen molar-refractivity contribution >= 4 is 17.7 Å². The normalized spacial score (nSPS) is 18.8. The van der Waals surface area contributed by atoms with E-state index in [-0.39, 0.29) is 18.2 Å². The molecule has 1 aliphatic carbocycles. The van der Waals surface area contributed by atoms with Gasteiger partial charge in [0.05, 0.1) is 6.54 Å². The third kappa shape index (κ3) is 3.44. The summed E-state index contributed by atoms with van der Waals surface area (Å²) in [6.45, 7) is -0.211. The molecule has 5 nitrogen and oxygen atoms in total. The number of nitrogens with zero attached hydrogens (tertiary/aromatic N) is 1. The number of Topliss-reactive ketones (excluding diaryl/α,β-unsaturated/α-hetero) is 1. The van der Waals surface area contributed by atoms with E-state index in [1.807, 2.05) is 42.5 Å². The lowest BCUT2D eigenvalue weighted by molar-refractivity contribution is -0.131. The van der Waals surface area contributed by atoms with Gasteiger partial charge < -0.3 is 5.32 Å².